The third-order valence-corrected chi connectivity index (χ3v) is 7.09. The summed E-state index contributed by atoms with van der Waals surface area (Å²) in [6.45, 7) is 3.71. The summed E-state index contributed by atoms with van der Waals surface area (Å²) in [5, 5.41) is 10.2. The molecule has 1 aromatic carbocycles. The van der Waals surface area contributed by atoms with Crippen molar-refractivity contribution in [2.24, 2.45) is 0 Å². The molecule has 1 fully saturated rings. The second kappa shape index (κ2) is 7.64. The van der Waals surface area contributed by atoms with Crippen LogP contribution in [0, 0.1) is 6.92 Å². The Balaban J connectivity index is 1.59. The predicted octanol–water partition coefficient (Wildman–Crippen LogP) is 4.53. The van der Waals surface area contributed by atoms with E-state index in [9.17, 15) is 9.59 Å². The molecule has 7 nitrogen and oxygen atoms in total. The highest BCUT2D eigenvalue weighted by Crippen LogP contribution is 2.46. The van der Waals surface area contributed by atoms with Gasteiger partial charge in [-0.2, -0.15) is 0 Å². The average Bonchev–Trinajstić information content (AvgIpc) is 3.11. The summed E-state index contributed by atoms with van der Waals surface area (Å²) in [5.41, 5.74) is 3.04. The third-order valence-electron chi connectivity index (χ3n) is 5.50. The fourth-order valence-corrected chi connectivity index (χ4v) is 5.40. The van der Waals surface area contributed by atoms with Crippen molar-refractivity contribution < 1.29 is 9.59 Å². The molecule has 0 radical (unpaired) electrons. The van der Waals surface area contributed by atoms with Crippen molar-refractivity contribution in [3.63, 3.8) is 0 Å². The van der Waals surface area contributed by atoms with Gasteiger partial charge in [-0.1, -0.05) is 22.0 Å². The molecule has 2 aliphatic heterocycles. The molecule has 4 heterocycles. The van der Waals surface area contributed by atoms with Crippen LogP contribution < -0.4 is 20.9 Å². The first-order valence-corrected chi connectivity index (χ1v) is 11.4. The van der Waals surface area contributed by atoms with Crippen molar-refractivity contribution >= 4 is 66.5 Å². The number of aryl methyl sites for hydroxylation is 1. The molecule has 1 atom stereocenters. The summed E-state index contributed by atoms with van der Waals surface area (Å²) in [7, 11) is 0. The molecule has 30 heavy (non-hydrogen) atoms. The van der Waals surface area contributed by atoms with Crippen LogP contribution in [-0.2, 0) is 0 Å². The Labute approximate surface area is 186 Å². The number of rotatable bonds is 3. The molecule has 3 N–H and O–H groups in total. The fraction of sp³-hybridized carbons (Fsp3) is 0.286. The number of piperidine rings is 1. The molecule has 9 heteroatoms. The maximum Gasteiger partial charge on any atom is 0.331 e. The SMILES string of the molecule is Cc1ccc(Br)cc1N1C(=O)Nc2c(C(=O)N[C@@H]3CCCNC3)sc3nccc1c23. The number of hydrogen-bond donors (Lipinski definition) is 3. The highest BCUT2D eigenvalue weighted by molar-refractivity contribution is 9.10. The average molecular weight is 486 g/mol. The van der Waals surface area contributed by atoms with Gasteiger partial charge < -0.3 is 16.0 Å². The Morgan fingerprint density at radius 2 is 2.20 bits per heavy atom. The van der Waals surface area contributed by atoms with E-state index in [0.717, 1.165) is 57.6 Å². The fourth-order valence-electron chi connectivity index (χ4n) is 4.03. The van der Waals surface area contributed by atoms with Gasteiger partial charge in [-0.3, -0.25) is 9.69 Å². The van der Waals surface area contributed by atoms with Crippen molar-refractivity contribution in [1.29, 1.82) is 0 Å². The van der Waals surface area contributed by atoms with Gasteiger partial charge in [0, 0.05) is 23.3 Å². The third kappa shape index (κ3) is 3.27. The largest absolute Gasteiger partial charge is 0.347 e. The summed E-state index contributed by atoms with van der Waals surface area (Å²) in [6, 6.07) is 7.46. The van der Waals surface area contributed by atoms with Crippen LogP contribution in [0.25, 0.3) is 10.2 Å². The van der Waals surface area contributed by atoms with Crippen LogP contribution in [0.5, 0.6) is 0 Å². The van der Waals surface area contributed by atoms with E-state index in [-0.39, 0.29) is 18.0 Å². The van der Waals surface area contributed by atoms with Crippen molar-refractivity contribution in [3.8, 4) is 0 Å². The summed E-state index contributed by atoms with van der Waals surface area (Å²) in [4.78, 5) is 33.5. The van der Waals surface area contributed by atoms with E-state index in [1.54, 1.807) is 11.1 Å². The Morgan fingerprint density at radius 3 is 3.00 bits per heavy atom. The molecule has 0 aliphatic carbocycles. The molecule has 0 bridgehead atoms. The molecular formula is C21H20BrN5O2S. The summed E-state index contributed by atoms with van der Waals surface area (Å²) in [6.07, 6.45) is 3.67. The van der Waals surface area contributed by atoms with Gasteiger partial charge in [-0.05, 0) is 50.1 Å². The van der Waals surface area contributed by atoms with Crippen LogP contribution in [0.15, 0.2) is 34.9 Å². The number of pyridine rings is 1. The zero-order chi connectivity index (χ0) is 20.8. The smallest absolute Gasteiger partial charge is 0.331 e. The molecule has 1 saturated heterocycles. The van der Waals surface area contributed by atoms with Crippen LogP contribution in [0.1, 0.15) is 28.1 Å². The summed E-state index contributed by atoms with van der Waals surface area (Å²) < 4.78 is 0.887. The number of carbonyl (C=O) groups excluding carboxylic acids is 2. The minimum absolute atomic E-state index is 0.0937. The standard InChI is InChI=1S/C21H20BrN5O2S/c1-11-4-5-12(22)9-15(11)27-14-6-8-24-20-16(14)17(26-21(27)29)18(30-20)19(28)25-13-3-2-7-23-10-13/h4-6,8-9,13,23H,2-3,7,10H2,1H3,(H,25,28)(H,26,29)/t13-/m1/s1. The van der Waals surface area contributed by atoms with E-state index in [4.69, 9.17) is 0 Å². The summed E-state index contributed by atoms with van der Waals surface area (Å²) in [5.74, 6) is -0.167. The number of anilines is 3. The topological polar surface area (TPSA) is 86.4 Å². The molecule has 0 unspecified atom stereocenters. The van der Waals surface area contributed by atoms with Gasteiger partial charge in [0.05, 0.1) is 22.4 Å². The molecular weight excluding hydrogens is 466 g/mol. The van der Waals surface area contributed by atoms with Gasteiger partial charge in [0.25, 0.3) is 5.91 Å². The highest BCUT2D eigenvalue weighted by Gasteiger charge is 2.33. The number of aromatic nitrogens is 1. The number of carbonyl (C=O) groups is 2. The van der Waals surface area contributed by atoms with Gasteiger partial charge in [0.2, 0.25) is 0 Å². The first-order valence-electron chi connectivity index (χ1n) is 9.83. The zero-order valence-electron chi connectivity index (χ0n) is 16.3. The van der Waals surface area contributed by atoms with Crippen LogP contribution in [0.3, 0.4) is 0 Å². The van der Waals surface area contributed by atoms with E-state index in [2.05, 4.69) is 36.9 Å². The second-order valence-electron chi connectivity index (χ2n) is 7.53. The van der Waals surface area contributed by atoms with Crippen molar-refractivity contribution in [3.05, 3.63) is 45.4 Å². The Morgan fingerprint density at radius 1 is 1.33 bits per heavy atom. The lowest BCUT2D eigenvalue weighted by Crippen LogP contribution is -2.45. The lowest BCUT2D eigenvalue weighted by molar-refractivity contribution is 0.0935. The lowest BCUT2D eigenvalue weighted by Gasteiger charge is -2.29. The van der Waals surface area contributed by atoms with Gasteiger partial charge in [-0.15, -0.1) is 11.3 Å². The van der Waals surface area contributed by atoms with Gasteiger partial charge in [0.15, 0.2) is 0 Å². The monoisotopic (exact) mass is 485 g/mol. The highest BCUT2D eigenvalue weighted by atomic mass is 79.9. The number of urea groups is 1. The van der Waals surface area contributed by atoms with E-state index in [1.807, 2.05) is 31.2 Å². The molecule has 3 aromatic rings. The van der Waals surface area contributed by atoms with Gasteiger partial charge in [0.1, 0.15) is 9.71 Å². The van der Waals surface area contributed by atoms with E-state index >= 15 is 0 Å². The molecule has 154 valence electrons. The minimum atomic E-state index is -0.289. The maximum atomic E-state index is 13.2. The van der Waals surface area contributed by atoms with Gasteiger partial charge in [-0.25, -0.2) is 9.78 Å². The predicted molar refractivity (Wildman–Crippen MR) is 123 cm³/mol. The van der Waals surface area contributed by atoms with Crippen LogP contribution in [0.2, 0.25) is 0 Å². The van der Waals surface area contributed by atoms with E-state index in [0.29, 0.717) is 10.6 Å². The quantitative estimate of drug-likeness (QED) is 0.508. The molecule has 2 aliphatic rings. The molecule has 0 spiro atoms. The summed E-state index contributed by atoms with van der Waals surface area (Å²) >= 11 is 4.81. The maximum absolute atomic E-state index is 13.2. The molecule has 3 amide bonds. The molecule has 5 rings (SSSR count). The first kappa shape index (κ1) is 19.5. The lowest BCUT2D eigenvalue weighted by atomic mass is 10.1. The van der Waals surface area contributed by atoms with E-state index in [1.165, 1.54) is 11.3 Å². The van der Waals surface area contributed by atoms with Crippen molar-refractivity contribution in [1.82, 2.24) is 15.6 Å². The normalized spacial score (nSPS) is 18.4. The van der Waals surface area contributed by atoms with Crippen LogP contribution in [0.4, 0.5) is 21.9 Å². The van der Waals surface area contributed by atoms with Crippen LogP contribution >= 0.6 is 27.3 Å². The van der Waals surface area contributed by atoms with Crippen molar-refractivity contribution in [2.45, 2.75) is 25.8 Å². The van der Waals surface area contributed by atoms with Crippen molar-refractivity contribution in [2.75, 3.05) is 23.3 Å². The minimum Gasteiger partial charge on any atom is -0.347 e. The number of benzene rings is 1. The Hall–Kier alpha value is -2.49. The number of halogens is 1. The number of nitrogens with zero attached hydrogens (tertiary/aromatic N) is 2. The molecule has 0 saturated carbocycles. The first-order chi connectivity index (χ1) is 14.5. The Kier molecular flexibility index (Phi) is 4.96. The number of thiophene rings is 1. The second-order valence-corrected chi connectivity index (χ2v) is 9.44. The van der Waals surface area contributed by atoms with E-state index < -0.39 is 0 Å². The number of hydrogen-bond acceptors (Lipinski definition) is 5. The Bertz CT molecular complexity index is 1170. The zero-order valence-corrected chi connectivity index (χ0v) is 18.7. The van der Waals surface area contributed by atoms with Gasteiger partial charge >= 0.3 is 6.03 Å². The number of nitrogens with one attached hydrogen (secondary N) is 3. The number of amides is 3. The molecule has 2 aromatic heterocycles. The van der Waals surface area contributed by atoms with Crippen LogP contribution in [-0.4, -0.2) is 36.1 Å².